The van der Waals surface area contributed by atoms with Crippen molar-refractivity contribution >= 4 is 21.8 Å². The van der Waals surface area contributed by atoms with Crippen molar-refractivity contribution in [3.05, 3.63) is 63.9 Å². The molecule has 1 unspecified atom stereocenters. The molecule has 20 heavy (non-hydrogen) atoms. The van der Waals surface area contributed by atoms with Gasteiger partial charge in [0.15, 0.2) is 0 Å². The third-order valence-corrected chi connectivity index (χ3v) is 3.62. The molecule has 0 bridgehead atoms. The van der Waals surface area contributed by atoms with Crippen LogP contribution in [0.5, 0.6) is 0 Å². The maximum absolute atomic E-state index is 12.1. The first-order valence-electron chi connectivity index (χ1n) is 6.62. The van der Waals surface area contributed by atoms with Gasteiger partial charge in [0.05, 0.1) is 6.04 Å². The van der Waals surface area contributed by atoms with Crippen molar-refractivity contribution in [3.63, 3.8) is 0 Å². The van der Waals surface area contributed by atoms with E-state index < -0.39 is 0 Å². The van der Waals surface area contributed by atoms with Crippen LogP contribution in [0.3, 0.4) is 0 Å². The van der Waals surface area contributed by atoms with E-state index >= 15 is 0 Å². The zero-order chi connectivity index (χ0) is 14.5. The van der Waals surface area contributed by atoms with Crippen molar-refractivity contribution in [2.24, 2.45) is 0 Å². The van der Waals surface area contributed by atoms with Crippen LogP contribution in [0.1, 0.15) is 41.5 Å². The van der Waals surface area contributed by atoms with Crippen LogP contribution in [0.4, 0.5) is 0 Å². The average Bonchev–Trinajstić information content (AvgIpc) is 2.47. The lowest BCUT2D eigenvalue weighted by molar-refractivity contribution is 0.0934. The number of carbonyl (C=O) groups excluding carboxylic acids is 1. The number of hydrogen-bond acceptors (Lipinski definition) is 2. The molecular weight excluding hydrogens is 316 g/mol. The molecule has 1 aromatic carbocycles. The predicted octanol–water partition coefficient (Wildman–Crippen LogP) is 3.90. The quantitative estimate of drug-likeness (QED) is 0.863. The zero-order valence-electron chi connectivity index (χ0n) is 11.6. The number of hydrogen-bond donors (Lipinski definition) is 1. The molecular formula is C16H17BrN2O. The van der Waals surface area contributed by atoms with E-state index in [9.17, 15) is 4.79 Å². The fraction of sp³-hybridized carbons (Fsp3) is 0.250. The highest BCUT2D eigenvalue weighted by Gasteiger charge is 2.12. The highest BCUT2D eigenvalue weighted by atomic mass is 79.9. The minimum Gasteiger partial charge on any atom is -0.344 e. The summed E-state index contributed by atoms with van der Waals surface area (Å²) >= 11 is 3.27. The number of carbonyl (C=O) groups is 1. The Kier molecular flexibility index (Phi) is 4.90. The van der Waals surface area contributed by atoms with Crippen LogP contribution in [0.15, 0.2) is 47.1 Å². The monoisotopic (exact) mass is 332 g/mol. The summed E-state index contributed by atoms with van der Waals surface area (Å²) in [6.45, 7) is 4.09. The van der Waals surface area contributed by atoms with Crippen LogP contribution in [0.25, 0.3) is 0 Å². The van der Waals surface area contributed by atoms with Gasteiger partial charge in [-0.25, -0.2) is 4.98 Å². The van der Waals surface area contributed by atoms with Crippen molar-refractivity contribution in [1.82, 2.24) is 10.3 Å². The highest BCUT2D eigenvalue weighted by Crippen LogP contribution is 2.15. The van der Waals surface area contributed by atoms with Crippen LogP contribution in [-0.2, 0) is 6.42 Å². The Morgan fingerprint density at radius 1 is 1.25 bits per heavy atom. The largest absolute Gasteiger partial charge is 0.344 e. The van der Waals surface area contributed by atoms with Crippen molar-refractivity contribution in [1.29, 1.82) is 0 Å². The zero-order valence-corrected chi connectivity index (χ0v) is 13.1. The molecule has 0 fully saturated rings. The molecule has 2 rings (SSSR count). The summed E-state index contributed by atoms with van der Waals surface area (Å²) in [5.74, 6) is -0.168. The first-order valence-corrected chi connectivity index (χ1v) is 7.41. The number of halogens is 1. The summed E-state index contributed by atoms with van der Waals surface area (Å²) in [6.07, 6.45) is 1.02. The van der Waals surface area contributed by atoms with Gasteiger partial charge in [0.1, 0.15) is 10.3 Å². The van der Waals surface area contributed by atoms with Crippen molar-refractivity contribution < 1.29 is 4.79 Å². The molecule has 0 saturated heterocycles. The third-order valence-electron chi connectivity index (χ3n) is 3.18. The van der Waals surface area contributed by atoms with Gasteiger partial charge in [0.25, 0.3) is 5.91 Å². The molecule has 0 aliphatic carbocycles. The van der Waals surface area contributed by atoms with Crippen LogP contribution >= 0.6 is 15.9 Å². The number of nitrogens with zero attached hydrogens (tertiary/aromatic N) is 1. The van der Waals surface area contributed by atoms with E-state index in [0.717, 1.165) is 12.0 Å². The number of nitrogens with one attached hydrogen (secondary N) is 1. The number of rotatable bonds is 4. The SMILES string of the molecule is CCc1ccc(C(C)NC(=O)c2cccc(Br)n2)cc1. The Morgan fingerprint density at radius 3 is 2.55 bits per heavy atom. The Hall–Kier alpha value is -1.68. The summed E-state index contributed by atoms with van der Waals surface area (Å²) in [6, 6.07) is 13.5. The van der Waals surface area contributed by atoms with Crippen molar-refractivity contribution in [3.8, 4) is 0 Å². The van der Waals surface area contributed by atoms with Crippen LogP contribution in [0.2, 0.25) is 0 Å². The van der Waals surface area contributed by atoms with Crippen LogP contribution in [0, 0.1) is 0 Å². The lowest BCUT2D eigenvalue weighted by atomic mass is 10.0. The Morgan fingerprint density at radius 2 is 1.95 bits per heavy atom. The number of pyridine rings is 1. The summed E-state index contributed by atoms with van der Waals surface area (Å²) in [4.78, 5) is 16.3. The molecule has 1 atom stereocenters. The number of amides is 1. The van der Waals surface area contributed by atoms with E-state index in [1.54, 1.807) is 18.2 Å². The standard InChI is InChI=1S/C16H17BrN2O/c1-3-12-7-9-13(10-8-12)11(2)18-16(20)14-5-4-6-15(17)19-14/h4-11H,3H2,1-2H3,(H,18,20). The fourth-order valence-corrected chi connectivity index (χ4v) is 2.27. The minimum absolute atomic E-state index is 0.0470. The second kappa shape index (κ2) is 6.66. The third kappa shape index (κ3) is 3.67. The molecule has 0 radical (unpaired) electrons. The predicted molar refractivity (Wildman–Crippen MR) is 83.6 cm³/mol. The normalized spacial score (nSPS) is 11.9. The smallest absolute Gasteiger partial charge is 0.270 e. The van der Waals surface area contributed by atoms with Crippen LogP contribution < -0.4 is 5.32 Å². The first-order chi connectivity index (χ1) is 9.60. The number of benzene rings is 1. The molecule has 2 aromatic rings. The second-order valence-corrected chi connectivity index (χ2v) is 5.45. The summed E-state index contributed by atoms with van der Waals surface area (Å²) in [5.41, 5.74) is 2.79. The van der Waals surface area contributed by atoms with E-state index in [2.05, 4.69) is 57.4 Å². The van der Waals surface area contributed by atoms with Crippen LogP contribution in [-0.4, -0.2) is 10.9 Å². The van der Waals surface area contributed by atoms with Gasteiger partial charge in [-0.3, -0.25) is 4.79 Å². The molecule has 1 heterocycles. The van der Waals surface area contributed by atoms with E-state index in [1.165, 1.54) is 5.56 Å². The number of aromatic nitrogens is 1. The van der Waals surface area contributed by atoms with E-state index in [1.807, 2.05) is 6.92 Å². The van der Waals surface area contributed by atoms with Gasteiger partial charge < -0.3 is 5.32 Å². The molecule has 1 aromatic heterocycles. The Bertz CT molecular complexity index is 596. The lowest BCUT2D eigenvalue weighted by Gasteiger charge is -2.14. The molecule has 4 heteroatoms. The van der Waals surface area contributed by atoms with Gasteiger partial charge in [-0.05, 0) is 52.5 Å². The molecule has 0 spiro atoms. The van der Waals surface area contributed by atoms with Crippen molar-refractivity contribution in [2.75, 3.05) is 0 Å². The molecule has 104 valence electrons. The van der Waals surface area contributed by atoms with E-state index in [-0.39, 0.29) is 11.9 Å². The maximum Gasteiger partial charge on any atom is 0.270 e. The summed E-state index contributed by atoms with van der Waals surface area (Å²) < 4.78 is 0.658. The fourth-order valence-electron chi connectivity index (χ4n) is 1.93. The minimum atomic E-state index is -0.168. The van der Waals surface area contributed by atoms with Gasteiger partial charge in [0, 0.05) is 0 Å². The highest BCUT2D eigenvalue weighted by molar-refractivity contribution is 9.10. The molecule has 1 amide bonds. The molecule has 3 nitrogen and oxygen atoms in total. The summed E-state index contributed by atoms with van der Waals surface area (Å²) in [5, 5.41) is 2.95. The van der Waals surface area contributed by atoms with Gasteiger partial charge in [0.2, 0.25) is 0 Å². The van der Waals surface area contributed by atoms with Gasteiger partial charge in [-0.1, -0.05) is 37.3 Å². The van der Waals surface area contributed by atoms with E-state index in [0.29, 0.717) is 10.3 Å². The van der Waals surface area contributed by atoms with Gasteiger partial charge >= 0.3 is 0 Å². The average molecular weight is 333 g/mol. The molecule has 0 aliphatic heterocycles. The lowest BCUT2D eigenvalue weighted by Crippen LogP contribution is -2.27. The maximum atomic E-state index is 12.1. The molecule has 1 N–H and O–H groups in total. The molecule has 0 aliphatic rings. The second-order valence-electron chi connectivity index (χ2n) is 4.64. The Balaban J connectivity index is 2.06. The topological polar surface area (TPSA) is 42.0 Å². The summed E-state index contributed by atoms with van der Waals surface area (Å²) in [7, 11) is 0. The molecule has 0 saturated carbocycles. The van der Waals surface area contributed by atoms with Gasteiger partial charge in [-0.15, -0.1) is 0 Å². The van der Waals surface area contributed by atoms with Gasteiger partial charge in [-0.2, -0.15) is 0 Å². The Labute approximate surface area is 127 Å². The van der Waals surface area contributed by atoms with E-state index in [4.69, 9.17) is 0 Å². The van der Waals surface area contributed by atoms with Crippen molar-refractivity contribution in [2.45, 2.75) is 26.3 Å². The first kappa shape index (κ1) is 14.7. The number of aryl methyl sites for hydroxylation is 1.